The number of amides is 1. The molecule has 1 fully saturated rings. The van der Waals surface area contributed by atoms with Gasteiger partial charge in [0.1, 0.15) is 0 Å². The molecule has 1 aromatic carbocycles. The van der Waals surface area contributed by atoms with E-state index in [-0.39, 0.29) is 5.91 Å². The Morgan fingerprint density at radius 2 is 2.15 bits per heavy atom. The first-order valence-electron chi connectivity index (χ1n) is 7.62. The maximum absolute atomic E-state index is 11.9. The van der Waals surface area contributed by atoms with Crippen molar-refractivity contribution in [3.8, 4) is 0 Å². The van der Waals surface area contributed by atoms with Gasteiger partial charge < -0.3 is 10.2 Å². The molecule has 0 saturated heterocycles. The topological polar surface area (TPSA) is 32.3 Å². The summed E-state index contributed by atoms with van der Waals surface area (Å²) in [6.07, 6.45) is 5.38. The highest BCUT2D eigenvalue weighted by Crippen LogP contribution is 2.28. The predicted molar refractivity (Wildman–Crippen MR) is 84.1 cm³/mol. The summed E-state index contributed by atoms with van der Waals surface area (Å²) in [6, 6.07) is 7.81. The minimum Gasteiger partial charge on any atom is -0.385 e. The zero-order valence-corrected chi connectivity index (χ0v) is 12.9. The predicted octanol–water partition coefficient (Wildman–Crippen LogP) is 3.63. The molecule has 20 heavy (non-hydrogen) atoms. The Bertz CT molecular complexity index is 456. The van der Waals surface area contributed by atoms with E-state index >= 15 is 0 Å². The molecular formula is C17H26N2O. The summed E-state index contributed by atoms with van der Waals surface area (Å²) in [5.41, 5.74) is 1.80. The van der Waals surface area contributed by atoms with Crippen LogP contribution >= 0.6 is 0 Å². The Morgan fingerprint density at radius 3 is 2.85 bits per heavy atom. The van der Waals surface area contributed by atoms with E-state index in [1.165, 1.54) is 25.7 Å². The maximum Gasteiger partial charge on any atom is 0.253 e. The average molecular weight is 274 g/mol. The highest BCUT2D eigenvalue weighted by atomic mass is 16.2. The van der Waals surface area contributed by atoms with Gasteiger partial charge in [0.2, 0.25) is 0 Å². The third-order valence-electron chi connectivity index (χ3n) is 4.16. The van der Waals surface area contributed by atoms with Crippen LogP contribution < -0.4 is 5.32 Å². The van der Waals surface area contributed by atoms with Crippen LogP contribution in [0.15, 0.2) is 24.3 Å². The van der Waals surface area contributed by atoms with E-state index in [1.807, 2.05) is 24.3 Å². The van der Waals surface area contributed by atoms with Gasteiger partial charge in [-0.3, -0.25) is 4.79 Å². The summed E-state index contributed by atoms with van der Waals surface area (Å²) in [5.74, 6) is 1.68. The van der Waals surface area contributed by atoms with Crippen LogP contribution in [0.1, 0.15) is 43.0 Å². The van der Waals surface area contributed by atoms with Crippen LogP contribution in [0, 0.1) is 11.8 Å². The Hall–Kier alpha value is -1.51. The average Bonchev–Trinajstić information content (AvgIpc) is 2.44. The second-order valence-corrected chi connectivity index (χ2v) is 6.30. The van der Waals surface area contributed by atoms with Crippen molar-refractivity contribution >= 4 is 11.6 Å². The summed E-state index contributed by atoms with van der Waals surface area (Å²) in [5, 5.41) is 3.50. The van der Waals surface area contributed by atoms with E-state index in [0.29, 0.717) is 0 Å². The van der Waals surface area contributed by atoms with Gasteiger partial charge in [0, 0.05) is 31.9 Å². The number of anilines is 1. The third kappa shape index (κ3) is 3.99. The van der Waals surface area contributed by atoms with Crippen molar-refractivity contribution in [3.63, 3.8) is 0 Å². The largest absolute Gasteiger partial charge is 0.385 e. The number of carbonyl (C=O) groups is 1. The molecule has 1 aliphatic carbocycles. The van der Waals surface area contributed by atoms with Gasteiger partial charge in [-0.1, -0.05) is 25.8 Å². The minimum atomic E-state index is 0.0555. The van der Waals surface area contributed by atoms with Gasteiger partial charge in [0.15, 0.2) is 0 Å². The second kappa shape index (κ2) is 6.78. The van der Waals surface area contributed by atoms with E-state index in [2.05, 4.69) is 12.2 Å². The molecule has 3 nitrogen and oxygen atoms in total. The molecule has 110 valence electrons. The lowest BCUT2D eigenvalue weighted by molar-refractivity contribution is 0.0827. The van der Waals surface area contributed by atoms with Gasteiger partial charge in [0.25, 0.3) is 5.91 Å². The quantitative estimate of drug-likeness (QED) is 0.909. The molecule has 1 amide bonds. The monoisotopic (exact) mass is 274 g/mol. The Morgan fingerprint density at radius 1 is 1.35 bits per heavy atom. The summed E-state index contributed by atoms with van der Waals surface area (Å²) >= 11 is 0. The van der Waals surface area contributed by atoms with Crippen LogP contribution in [0.2, 0.25) is 0 Å². The summed E-state index contributed by atoms with van der Waals surface area (Å²) < 4.78 is 0. The first-order valence-corrected chi connectivity index (χ1v) is 7.62. The van der Waals surface area contributed by atoms with Crippen molar-refractivity contribution in [2.75, 3.05) is 26.0 Å². The fraction of sp³-hybridized carbons (Fsp3) is 0.588. The first kappa shape index (κ1) is 14.9. The van der Waals surface area contributed by atoms with E-state index < -0.39 is 0 Å². The van der Waals surface area contributed by atoms with Crippen molar-refractivity contribution in [2.45, 2.75) is 32.6 Å². The number of rotatable bonds is 4. The van der Waals surface area contributed by atoms with Crippen LogP contribution in [0.25, 0.3) is 0 Å². The smallest absolute Gasteiger partial charge is 0.253 e. The van der Waals surface area contributed by atoms with Crippen molar-refractivity contribution in [2.24, 2.45) is 11.8 Å². The maximum atomic E-state index is 11.9. The third-order valence-corrected chi connectivity index (χ3v) is 4.16. The van der Waals surface area contributed by atoms with Crippen molar-refractivity contribution < 1.29 is 4.79 Å². The molecule has 2 atom stereocenters. The minimum absolute atomic E-state index is 0.0555. The van der Waals surface area contributed by atoms with E-state index in [4.69, 9.17) is 0 Å². The molecule has 1 saturated carbocycles. The second-order valence-electron chi connectivity index (χ2n) is 6.30. The molecule has 0 bridgehead atoms. The summed E-state index contributed by atoms with van der Waals surface area (Å²) in [7, 11) is 3.57. The van der Waals surface area contributed by atoms with E-state index in [0.717, 1.165) is 29.6 Å². The molecule has 3 heteroatoms. The molecule has 2 rings (SSSR count). The molecule has 1 N–H and O–H groups in total. The number of benzene rings is 1. The fourth-order valence-corrected chi connectivity index (χ4v) is 3.03. The molecule has 0 radical (unpaired) electrons. The summed E-state index contributed by atoms with van der Waals surface area (Å²) in [6.45, 7) is 3.37. The van der Waals surface area contributed by atoms with Crippen LogP contribution in [0.5, 0.6) is 0 Å². The Labute approximate surface area is 122 Å². The Balaban J connectivity index is 1.93. The first-order chi connectivity index (χ1) is 9.56. The molecule has 0 aliphatic heterocycles. The molecule has 1 aliphatic rings. The van der Waals surface area contributed by atoms with Crippen molar-refractivity contribution in [1.29, 1.82) is 0 Å². The number of nitrogens with one attached hydrogen (secondary N) is 1. The number of hydrogen-bond acceptors (Lipinski definition) is 2. The number of hydrogen-bond donors (Lipinski definition) is 1. The van der Waals surface area contributed by atoms with Gasteiger partial charge in [0.05, 0.1) is 0 Å². The zero-order valence-electron chi connectivity index (χ0n) is 12.9. The number of carbonyl (C=O) groups excluding carboxylic acids is 1. The van der Waals surface area contributed by atoms with Gasteiger partial charge in [-0.15, -0.1) is 0 Å². The van der Waals surface area contributed by atoms with Crippen molar-refractivity contribution in [3.05, 3.63) is 29.8 Å². The Kier molecular flexibility index (Phi) is 5.05. The highest BCUT2D eigenvalue weighted by Gasteiger charge is 2.18. The lowest BCUT2D eigenvalue weighted by Gasteiger charge is -2.27. The molecule has 1 aromatic rings. The SMILES string of the molecule is CC1CCCC(CNc2cccc(C(=O)N(C)C)c2)C1. The van der Waals surface area contributed by atoms with Gasteiger partial charge in [-0.25, -0.2) is 0 Å². The normalized spacial score (nSPS) is 22.4. The standard InChI is InChI=1S/C17H26N2O/c1-13-6-4-7-14(10-13)12-18-16-9-5-8-15(11-16)17(20)19(2)3/h5,8-9,11,13-14,18H,4,6-7,10,12H2,1-3H3. The van der Waals surface area contributed by atoms with Gasteiger partial charge >= 0.3 is 0 Å². The fourth-order valence-electron chi connectivity index (χ4n) is 3.03. The number of nitrogens with zero attached hydrogens (tertiary/aromatic N) is 1. The lowest BCUT2D eigenvalue weighted by atomic mass is 9.82. The highest BCUT2D eigenvalue weighted by molar-refractivity contribution is 5.94. The van der Waals surface area contributed by atoms with Crippen molar-refractivity contribution in [1.82, 2.24) is 4.90 Å². The van der Waals surface area contributed by atoms with Crippen LogP contribution in [0.3, 0.4) is 0 Å². The molecule has 0 aromatic heterocycles. The van der Waals surface area contributed by atoms with Crippen LogP contribution in [0.4, 0.5) is 5.69 Å². The van der Waals surface area contributed by atoms with Gasteiger partial charge in [-0.2, -0.15) is 0 Å². The zero-order chi connectivity index (χ0) is 14.5. The van der Waals surface area contributed by atoms with Gasteiger partial charge in [-0.05, 0) is 42.9 Å². The van der Waals surface area contributed by atoms with E-state index in [9.17, 15) is 4.79 Å². The van der Waals surface area contributed by atoms with Crippen LogP contribution in [-0.4, -0.2) is 31.4 Å². The molecule has 2 unspecified atom stereocenters. The molecule has 0 spiro atoms. The van der Waals surface area contributed by atoms with Crippen LogP contribution in [-0.2, 0) is 0 Å². The molecular weight excluding hydrogens is 248 g/mol. The van der Waals surface area contributed by atoms with E-state index in [1.54, 1.807) is 19.0 Å². The molecule has 0 heterocycles. The summed E-state index contributed by atoms with van der Waals surface area (Å²) in [4.78, 5) is 13.6. The lowest BCUT2D eigenvalue weighted by Crippen LogP contribution is -2.22.